The summed E-state index contributed by atoms with van der Waals surface area (Å²) in [5, 5.41) is 3.05. The lowest BCUT2D eigenvalue weighted by atomic mass is 9.94. The lowest BCUT2D eigenvalue weighted by Gasteiger charge is -2.35. The molecule has 0 aromatic rings. The molecule has 3 N–H and O–H groups in total. The highest BCUT2D eigenvalue weighted by atomic mass is 32.2. The Morgan fingerprint density at radius 3 is 2.78 bits per heavy atom. The maximum atomic E-state index is 11.7. The van der Waals surface area contributed by atoms with Crippen LogP contribution < -0.4 is 11.1 Å². The Bertz CT molecular complexity index is 417. The molecule has 1 amide bonds. The molecule has 0 spiro atoms. The van der Waals surface area contributed by atoms with E-state index in [-0.39, 0.29) is 17.6 Å². The molecule has 2 saturated heterocycles. The van der Waals surface area contributed by atoms with Gasteiger partial charge < -0.3 is 10.5 Å². The average Bonchev–Trinajstić information content (AvgIpc) is 2.77. The number of sulfone groups is 1. The van der Waals surface area contributed by atoms with E-state index < -0.39 is 21.3 Å². The minimum Gasteiger partial charge on any atom is -0.377 e. The number of rotatable bonds is 4. The van der Waals surface area contributed by atoms with Gasteiger partial charge in [0.25, 0.3) is 0 Å². The lowest BCUT2D eigenvalue weighted by Crippen LogP contribution is -2.62. The number of carbonyl (C=O) groups excluding carboxylic acids is 1. The molecule has 2 rings (SSSR count). The van der Waals surface area contributed by atoms with Crippen molar-refractivity contribution < 1.29 is 17.9 Å². The second kappa shape index (κ2) is 5.14. The molecule has 18 heavy (non-hydrogen) atoms. The summed E-state index contributed by atoms with van der Waals surface area (Å²) in [6, 6.07) is 0. The van der Waals surface area contributed by atoms with Crippen molar-refractivity contribution in [1.29, 1.82) is 0 Å². The third kappa shape index (κ3) is 3.02. The molecule has 2 heterocycles. The van der Waals surface area contributed by atoms with E-state index in [2.05, 4.69) is 5.32 Å². The fourth-order valence-electron chi connectivity index (χ4n) is 2.65. The highest BCUT2D eigenvalue weighted by Gasteiger charge is 2.44. The zero-order valence-electron chi connectivity index (χ0n) is 10.4. The van der Waals surface area contributed by atoms with E-state index in [1.165, 1.54) is 0 Å². The third-order valence-electron chi connectivity index (χ3n) is 3.69. The van der Waals surface area contributed by atoms with Crippen molar-refractivity contribution in [3.8, 4) is 0 Å². The number of nitrogens with one attached hydrogen (secondary N) is 1. The molecule has 2 fully saturated rings. The monoisotopic (exact) mass is 276 g/mol. The number of ether oxygens (including phenoxy) is 1. The topological polar surface area (TPSA) is 98.5 Å². The van der Waals surface area contributed by atoms with Gasteiger partial charge in [-0.2, -0.15) is 0 Å². The Balaban J connectivity index is 2.04. The van der Waals surface area contributed by atoms with E-state index in [0.29, 0.717) is 19.4 Å². The van der Waals surface area contributed by atoms with Gasteiger partial charge in [-0.15, -0.1) is 0 Å². The summed E-state index contributed by atoms with van der Waals surface area (Å²) in [6.45, 7) is 1.21. The summed E-state index contributed by atoms with van der Waals surface area (Å²) in [5.74, 6) is -0.630. The van der Waals surface area contributed by atoms with E-state index in [1.807, 2.05) is 0 Å². The van der Waals surface area contributed by atoms with E-state index in [9.17, 15) is 13.2 Å². The number of primary amides is 1. The summed E-state index contributed by atoms with van der Waals surface area (Å²) in [5.41, 5.74) is 4.29. The largest absolute Gasteiger partial charge is 0.377 e. The predicted octanol–water partition coefficient (Wildman–Crippen LogP) is -0.812. The minimum atomic E-state index is -3.19. The normalized spacial score (nSPS) is 35.4. The number of hydrogen-bond donors (Lipinski definition) is 2. The summed E-state index contributed by atoms with van der Waals surface area (Å²) in [6.07, 6.45) is 2.96. The van der Waals surface area contributed by atoms with Crippen LogP contribution in [-0.2, 0) is 19.4 Å². The zero-order chi connectivity index (χ0) is 13.2. The fraction of sp³-hybridized carbons (Fsp3) is 0.909. The van der Waals surface area contributed by atoms with E-state index >= 15 is 0 Å². The Labute approximate surface area is 107 Å². The van der Waals surface area contributed by atoms with Gasteiger partial charge in [0, 0.05) is 13.2 Å². The second-order valence-electron chi connectivity index (χ2n) is 5.16. The van der Waals surface area contributed by atoms with E-state index in [0.717, 1.165) is 19.4 Å². The molecule has 0 aromatic carbocycles. The third-order valence-corrected chi connectivity index (χ3v) is 5.53. The van der Waals surface area contributed by atoms with Gasteiger partial charge >= 0.3 is 0 Å². The highest BCUT2D eigenvalue weighted by molar-refractivity contribution is 7.91. The van der Waals surface area contributed by atoms with Gasteiger partial charge in [-0.05, 0) is 25.7 Å². The molecule has 2 unspecified atom stereocenters. The standard InChI is InChI=1S/C11H20N2O4S/c12-10(14)11(4-2-6-18(15,16)8-11)13-7-9-3-1-5-17-9/h9,13H,1-8H2,(H2,12,14). The first kappa shape index (κ1) is 13.8. The Morgan fingerprint density at radius 2 is 2.22 bits per heavy atom. The van der Waals surface area contributed by atoms with Gasteiger partial charge in [-0.1, -0.05) is 0 Å². The van der Waals surface area contributed by atoms with Gasteiger partial charge in [0.2, 0.25) is 5.91 Å². The molecular formula is C11H20N2O4S. The Morgan fingerprint density at radius 1 is 1.44 bits per heavy atom. The maximum Gasteiger partial charge on any atom is 0.238 e. The molecule has 2 aliphatic heterocycles. The molecule has 104 valence electrons. The second-order valence-corrected chi connectivity index (χ2v) is 7.34. The number of nitrogens with two attached hydrogens (primary N) is 1. The van der Waals surface area contributed by atoms with Gasteiger partial charge in [0.1, 0.15) is 5.54 Å². The molecule has 0 bridgehead atoms. The molecule has 0 saturated carbocycles. The van der Waals surface area contributed by atoms with Crippen LogP contribution in [0.15, 0.2) is 0 Å². The molecule has 2 aliphatic rings. The van der Waals surface area contributed by atoms with Crippen molar-refractivity contribution in [3.05, 3.63) is 0 Å². The zero-order valence-corrected chi connectivity index (χ0v) is 11.2. The van der Waals surface area contributed by atoms with Gasteiger partial charge in [0.15, 0.2) is 9.84 Å². The van der Waals surface area contributed by atoms with Crippen LogP contribution in [0.5, 0.6) is 0 Å². The van der Waals surface area contributed by atoms with Crippen LogP contribution in [0.2, 0.25) is 0 Å². The maximum absolute atomic E-state index is 11.7. The van der Waals surface area contributed by atoms with Crippen molar-refractivity contribution in [3.63, 3.8) is 0 Å². The first-order valence-electron chi connectivity index (χ1n) is 6.31. The predicted molar refractivity (Wildman–Crippen MR) is 66.8 cm³/mol. The summed E-state index contributed by atoms with van der Waals surface area (Å²) in [4.78, 5) is 11.6. The summed E-state index contributed by atoms with van der Waals surface area (Å²) >= 11 is 0. The quantitative estimate of drug-likeness (QED) is 0.699. The van der Waals surface area contributed by atoms with Crippen LogP contribution in [-0.4, -0.2) is 50.6 Å². The molecule has 7 heteroatoms. The van der Waals surface area contributed by atoms with Gasteiger partial charge in [0.05, 0.1) is 17.6 Å². The molecular weight excluding hydrogens is 256 g/mol. The van der Waals surface area contributed by atoms with Gasteiger partial charge in [-0.3, -0.25) is 10.1 Å². The molecule has 6 nitrogen and oxygen atoms in total. The van der Waals surface area contributed by atoms with Crippen molar-refractivity contribution in [2.24, 2.45) is 5.73 Å². The van der Waals surface area contributed by atoms with Crippen LogP contribution in [0.3, 0.4) is 0 Å². The first-order chi connectivity index (χ1) is 8.44. The highest BCUT2D eigenvalue weighted by Crippen LogP contribution is 2.23. The van der Waals surface area contributed by atoms with Crippen LogP contribution in [0, 0.1) is 0 Å². The van der Waals surface area contributed by atoms with Crippen LogP contribution in [0.25, 0.3) is 0 Å². The van der Waals surface area contributed by atoms with Crippen LogP contribution in [0.1, 0.15) is 25.7 Å². The smallest absolute Gasteiger partial charge is 0.238 e. The van der Waals surface area contributed by atoms with Crippen LogP contribution in [0.4, 0.5) is 0 Å². The van der Waals surface area contributed by atoms with Crippen molar-refractivity contribution in [1.82, 2.24) is 5.32 Å². The van der Waals surface area contributed by atoms with Crippen molar-refractivity contribution >= 4 is 15.7 Å². The molecule has 0 aliphatic carbocycles. The summed E-state index contributed by atoms with van der Waals surface area (Å²) in [7, 11) is -3.19. The van der Waals surface area contributed by atoms with Crippen molar-refractivity contribution in [2.45, 2.75) is 37.3 Å². The lowest BCUT2D eigenvalue weighted by molar-refractivity contribution is -0.124. The van der Waals surface area contributed by atoms with Gasteiger partial charge in [-0.25, -0.2) is 8.42 Å². The number of amides is 1. The SMILES string of the molecule is NC(=O)C1(NCC2CCCO2)CCCS(=O)(=O)C1. The summed E-state index contributed by atoms with van der Waals surface area (Å²) < 4.78 is 28.8. The number of carbonyl (C=O) groups is 1. The molecule has 0 radical (unpaired) electrons. The Kier molecular flexibility index (Phi) is 3.93. The van der Waals surface area contributed by atoms with E-state index in [4.69, 9.17) is 10.5 Å². The van der Waals surface area contributed by atoms with Crippen LogP contribution >= 0.6 is 0 Å². The van der Waals surface area contributed by atoms with Crippen molar-refractivity contribution in [2.75, 3.05) is 24.7 Å². The molecule has 0 aromatic heterocycles. The Hall–Kier alpha value is -0.660. The average molecular weight is 276 g/mol. The number of hydrogen-bond acceptors (Lipinski definition) is 5. The molecule has 2 atom stereocenters. The van der Waals surface area contributed by atoms with E-state index in [1.54, 1.807) is 0 Å². The fourth-order valence-corrected chi connectivity index (χ4v) is 4.52. The first-order valence-corrected chi connectivity index (χ1v) is 8.13. The minimum absolute atomic E-state index is 0.0610.